The van der Waals surface area contributed by atoms with E-state index in [9.17, 15) is 0 Å². The summed E-state index contributed by atoms with van der Waals surface area (Å²) < 4.78 is 4.16. The molecule has 0 saturated carbocycles. The summed E-state index contributed by atoms with van der Waals surface area (Å²) in [4.78, 5) is 6.95. The van der Waals surface area contributed by atoms with Gasteiger partial charge in [-0.25, -0.2) is 4.98 Å². The van der Waals surface area contributed by atoms with Crippen molar-refractivity contribution in [1.82, 2.24) is 24.2 Å². The van der Waals surface area contributed by atoms with Crippen molar-refractivity contribution in [1.29, 1.82) is 0 Å². The minimum Gasteiger partial charge on any atom is -0.394 e. The topological polar surface area (TPSA) is 59.1 Å². The zero-order valence-electron chi connectivity index (χ0n) is 13.2. The van der Waals surface area contributed by atoms with Crippen LogP contribution in [0, 0.1) is 0 Å². The molecule has 2 aromatic heterocycles. The number of piperidine rings is 1. The van der Waals surface area contributed by atoms with Crippen LogP contribution in [0.25, 0.3) is 0 Å². The molecule has 3 heterocycles. The first-order valence-electron chi connectivity index (χ1n) is 8.16. The number of aliphatic hydroxyl groups excluding tert-OH is 1. The van der Waals surface area contributed by atoms with Gasteiger partial charge in [-0.05, 0) is 38.9 Å². The SMILES string of the molecule is CCn1ccnc1CN1CCC(c2ccnn2CCO)CC1. The monoisotopic (exact) mass is 303 g/mol. The standard InChI is InChI=1S/C16H25N5O/c1-2-20-10-7-17-16(20)13-19-8-4-14(5-9-19)15-3-6-18-21(15)11-12-22/h3,6-7,10,14,22H,2,4-5,8-9,11-13H2,1H3. The second-order valence-electron chi connectivity index (χ2n) is 5.88. The van der Waals surface area contributed by atoms with Gasteiger partial charge in [-0.3, -0.25) is 9.58 Å². The van der Waals surface area contributed by atoms with E-state index in [1.54, 1.807) is 0 Å². The summed E-state index contributed by atoms with van der Waals surface area (Å²) in [6.45, 7) is 6.98. The summed E-state index contributed by atoms with van der Waals surface area (Å²) in [5.74, 6) is 1.71. The Bertz CT molecular complexity index is 583. The van der Waals surface area contributed by atoms with Crippen LogP contribution in [-0.4, -0.2) is 49.0 Å². The fraction of sp³-hybridized carbons (Fsp3) is 0.625. The van der Waals surface area contributed by atoms with Crippen molar-refractivity contribution in [2.75, 3.05) is 19.7 Å². The molecule has 0 atom stereocenters. The summed E-state index contributed by atoms with van der Waals surface area (Å²) in [5, 5.41) is 13.4. The normalized spacial score (nSPS) is 17.2. The second kappa shape index (κ2) is 7.07. The maximum atomic E-state index is 9.12. The molecule has 3 rings (SSSR count). The van der Waals surface area contributed by atoms with Gasteiger partial charge in [0.05, 0.1) is 19.7 Å². The first-order valence-corrected chi connectivity index (χ1v) is 8.16. The second-order valence-corrected chi connectivity index (χ2v) is 5.88. The predicted octanol–water partition coefficient (Wildman–Crippen LogP) is 1.47. The molecule has 0 aromatic carbocycles. The number of hydrogen-bond donors (Lipinski definition) is 1. The molecule has 0 unspecified atom stereocenters. The quantitative estimate of drug-likeness (QED) is 0.878. The molecule has 1 aliphatic rings. The van der Waals surface area contributed by atoms with Crippen molar-refractivity contribution in [2.45, 2.75) is 45.3 Å². The Labute approximate surface area is 131 Å². The van der Waals surface area contributed by atoms with Gasteiger partial charge in [-0.15, -0.1) is 0 Å². The van der Waals surface area contributed by atoms with Crippen LogP contribution in [0.5, 0.6) is 0 Å². The number of hydrogen-bond acceptors (Lipinski definition) is 4. The molecule has 1 aliphatic heterocycles. The molecule has 6 nitrogen and oxygen atoms in total. The number of likely N-dealkylation sites (tertiary alicyclic amines) is 1. The first kappa shape index (κ1) is 15.2. The minimum atomic E-state index is 0.146. The zero-order valence-corrected chi connectivity index (χ0v) is 13.2. The van der Waals surface area contributed by atoms with E-state index < -0.39 is 0 Å². The van der Waals surface area contributed by atoms with Crippen molar-refractivity contribution < 1.29 is 5.11 Å². The van der Waals surface area contributed by atoms with Crippen LogP contribution >= 0.6 is 0 Å². The molecule has 6 heteroatoms. The highest BCUT2D eigenvalue weighted by molar-refractivity contribution is 5.09. The average Bonchev–Trinajstić information content (AvgIpc) is 3.18. The number of nitrogens with zero attached hydrogens (tertiary/aromatic N) is 5. The molecule has 0 bridgehead atoms. The van der Waals surface area contributed by atoms with Crippen molar-refractivity contribution in [3.05, 3.63) is 36.2 Å². The van der Waals surface area contributed by atoms with Gasteiger partial charge in [-0.1, -0.05) is 0 Å². The van der Waals surface area contributed by atoms with Gasteiger partial charge < -0.3 is 9.67 Å². The maximum absolute atomic E-state index is 9.12. The van der Waals surface area contributed by atoms with Gasteiger partial charge in [0.15, 0.2) is 0 Å². The van der Waals surface area contributed by atoms with Gasteiger partial charge in [0, 0.05) is 36.7 Å². The van der Waals surface area contributed by atoms with E-state index in [-0.39, 0.29) is 6.61 Å². The number of rotatable bonds is 6. The van der Waals surface area contributed by atoms with Crippen LogP contribution in [0.3, 0.4) is 0 Å². The van der Waals surface area contributed by atoms with Crippen molar-refractivity contribution in [3.63, 3.8) is 0 Å². The molecule has 0 amide bonds. The number of aliphatic hydroxyl groups is 1. The summed E-state index contributed by atoms with van der Waals surface area (Å²) in [7, 11) is 0. The molecule has 1 N–H and O–H groups in total. The van der Waals surface area contributed by atoms with Gasteiger partial charge in [-0.2, -0.15) is 5.10 Å². The Morgan fingerprint density at radius 1 is 1.27 bits per heavy atom. The lowest BCUT2D eigenvalue weighted by atomic mass is 9.93. The van der Waals surface area contributed by atoms with Crippen LogP contribution in [0.15, 0.2) is 24.7 Å². The van der Waals surface area contributed by atoms with Crippen LogP contribution in [0.2, 0.25) is 0 Å². The van der Waals surface area contributed by atoms with Crippen molar-refractivity contribution in [3.8, 4) is 0 Å². The molecule has 0 aliphatic carbocycles. The average molecular weight is 303 g/mol. The number of aromatic nitrogens is 4. The molecule has 1 saturated heterocycles. The molecular formula is C16H25N5O. The minimum absolute atomic E-state index is 0.146. The van der Waals surface area contributed by atoms with Gasteiger partial charge >= 0.3 is 0 Å². The lowest BCUT2D eigenvalue weighted by Gasteiger charge is -2.32. The molecule has 2 aromatic rings. The van der Waals surface area contributed by atoms with Crippen LogP contribution < -0.4 is 0 Å². The number of aryl methyl sites for hydroxylation is 1. The Kier molecular flexibility index (Phi) is 4.90. The van der Waals surface area contributed by atoms with Crippen LogP contribution in [0.4, 0.5) is 0 Å². The maximum Gasteiger partial charge on any atom is 0.122 e. The van der Waals surface area contributed by atoms with Gasteiger partial charge in [0.25, 0.3) is 0 Å². The largest absolute Gasteiger partial charge is 0.394 e. The molecule has 120 valence electrons. The van der Waals surface area contributed by atoms with E-state index in [4.69, 9.17) is 5.11 Å². The molecule has 22 heavy (non-hydrogen) atoms. The summed E-state index contributed by atoms with van der Waals surface area (Å²) in [5.41, 5.74) is 1.27. The van der Waals surface area contributed by atoms with E-state index in [1.165, 1.54) is 5.69 Å². The van der Waals surface area contributed by atoms with E-state index in [0.29, 0.717) is 12.5 Å². The van der Waals surface area contributed by atoms with Crippen molar-refractivity contribution in [2.24, 2.45) is 0 Å². The summed E-state index contributed by atoms with van der Waals surface area (Å²) >= 11 is 0. The summed E-state index contributed by atoms with van der Waals surface area (Å²) in [6, 6.07) is 2.10. The fourth-order valence-electron chi connectivity index (χ4n) is 3.34. The Hall–Kier alpha value is -1.66. The fourth-order valence-corrected chi connectivity index (χ4v) is 3.34. The third kappa shape index (κ3) is 3.23. The Balaban J connectivity index is 1.57. The summed E-state index contributed by atoms with van der Waals surface area (Å²) in [6.07, 6.45) is 8.07. The van der Waals surface area contributed by atoms with E-state index in [1.807, 2.05) is 17.1 Å². The highest BCUT2D eigenvalue weighted by Crippen LogP contribution is 2.28. The van der Waals surface area contributed by atoms with Crippen LogP contribution in [0.1, 0.15) is 37.2 Å². The smallest absolute Gasteiger partial charge is 0.122 e. The zero-order chi connectivity index (χ0) is 15.4. The molecular weight excluding hydrogens is 278 g/mol. The van der Waals surface area contributed by atoms with E-state index >= 15 is 0 Å². The van der Waals surface area contributed by atoms with Gasteiger partial charge in [0.1, 0.15) is 5.82 Å². The molecule has 0 radical (unpaired) electrons. The molecule has 1 fully saturated rings. The molecule has 0 spiro atoms. The van der Waals surface area contributed by atoms with Crippen molar-refractivity contribution >= 4 is 0 Å². The third-order valence-corrected chi connectivity index (χ3v) is 4.57. The van der Waals surface area contributed by atoms with E-state index in [2.05, 4.69) is 38.7 Å². The third-order valence-electron chi connectivity index (χ3n) is 4.57. The Morgan fingerprint density at radius 2 is 2.09 bits per heavy atom. The number of imidazole rings is 1. The van der Waals surface area contributed by atoms with Crippen LogP contribution in [-0.2, 0) is 19.6 Å². The highest BCUT2D eigenvalue weighted by Gasteiger charge is 2.23. The lowest BCUT2D eigenvalue weighted by Crippen LogP contribution is -2.34. The predicted molar refractivity (Wildman–Crippen MR) is 84.5 cm³/mol. The first-order chi connectivity index (χ1) is 10.8. The Morgan fingerprint density at radius 3 is 2.82 bits per heavy atom. The highest BCUT2D eigenvalue weighted by atomic mass is 16.3. The van der Waals surface area contributed by atoms with Gasteiger partial charge in [0.2, 0.25) is 0 Å². The van der Waals surface area contributed by atoms with E-state index in [0.717, 1.165) is 44.8 Å². The lowest BCUT2D eigenvalue weighted by molar-refractivity contribution is 0.193.